The predicted molar refractivity (Wildman–Crippen MR) is 144 cm³/mol. The van der Waals surface area contributed by atoms with Crippen molar-refractivity contribution in [2.45, 2.75) is 13.3 Å². The lowest BCUT2D eigenvalue weighted by Gasteiger charge is -2.24. The van der Waals surface area contributed by atoms with E-state index in [0.29, 0.717) is 65.7 Å². The second-order valence-corrected chi connectivity index (χ2v) is 9.39. The highest BCUT2D eigenvalue weighted by atomic mass is 35.5. The Bertz CT molecular complexity index is 1270. The normalized spacial score (nSPS) is 13.7. The van der Waals surface area contributed by atoms with Crippen LogP contribution >= 0.6 is 23.2 Å². The van der Waals surface area contributed by atoms with Crippen molar-refractivity contribution in [2.24, 2.45) is 0 Å². The zero-order chi connectivity index (χ0) is 26.4. The maximum atomic E-state index is 12.7. The lowest BCUT2D eigenvalue weighted by Crippen LogP contribution is -2.44. The number of rotatable bonds is 7. The first kappa shape index (κ1) is 26.6. The molecule has 0 unspecified atom stereocenters. The van der Waals surface area contributed by atoms with Gasteiger partial charge in [0.2, 0.25) is 0 Å². The topological polar surface area (TPSA) is 99.9 Å². The molecule has 9 nitrogen and oxygen atoms in total. The summed E-state index contributed by atoms with van der Waals surface area (Å²) in [5.41, 5.74) is 2.27. The fourth-order valence-electron chi connectivity index (χ4n) is 4.14. The summed E-state index contributed by atoms with van der Waals surface area (Å²) in [4.78, 5) is 33.2. The van der Waals surface area contributed by atoms with Crippen LogP contribution in [0.3, 0.4) is 0 Å². The number of hydrogen-bond donors (Lipinski definition) is 2. The van der Waals surface area contributed by atoms with Crippen molar-refractivity contribution in [3.63, 3.8) is 0 Å². The van der Waals surface area contributed by atoms with Gasteiger partial charge in [-0.05, 0) is 36.8 Å². The maximum absolute atomic E-state index is 12.7. The Hall–Kier alpha value is -3.43. The summed E-state index contributed by atoms with van der Waals surface area (Å²) < 4.78 is 11.3. The molecule has 11 heteroatoms. The molecule has 1 saturated heterocycles. The van der Waals surface area contributed by atoms with E-state index in [4.69, 9.17) is 32.4 Å². The number of oxazole rings is 1. The second kappa shape index (κ2) is 12.2. The van der Waals surface area contributed by atoms with Gasteiger partial charge in [-0.3, -0.25) is 4.79 Å². The number of anilines is 1. The van der Waals surface area contributed by atoms with Crippen LogP contribution in [0.4, 0.5) is 10.5 Å². The number of aromatic nitrogens is 1. The van der Waals surface area contributed by atoms with E-state index in [1.807, 2.05) is 18.2 Å². The smallest absolute Gasteiger partial charge is 0.317 e. The summed E-state index contributed by atoms with van der Waals surface area (Å²) in [5.74, 6) is 1.68. The lowest BCUT2D eigenvalue weighted by molar-refractivity contribution is 0.0953. The number of nitrogens with one attached hydrogen (secondary N) is 2. The Morgan fingerprint density at radius 1 is 1.03 bits per heavy atom. The molecule has 0 spiro atoms. The standard InChI is InChI=1S/C26H29Cl2N5O4/c1-17-31-16-24(37-17)20-6-5-19(15-23(20)36-2)32-10-3-11-33(13-12-32)26(35)30-9-8-29-25(34)18-4-7-21(27)22(28)14-18/h4-7,14-16H,3,8-13H2,1-2H3,(H,29,34)(H,30,35). The van der Waals surface area contributed by atoms with Gasteiger partial charge >= 0.3 is 6.03 Å². The zero-order valence-corrected chi connectivity index (χ0v) is 22.2. The van der Waals surface area contributed by atoms with E-state index in [1.165, 1.54) is 6.07 Å². The molecule has 4 rings (SSSR count). The fourth-order valence-corrected chi connectivity index (χ4v) is 4.44. The number of aryl methyl sites for hydroxylation is 1. The number of methoxy groups -OCH3 is 1. The number of halogens is 2. The molecule has 2 heterocycles. The van der Waals surface area contributed by atoms with Crippen LogP contribution in [-0.2, 0) is 0 Å². The molecule has 1 aliphatic rings. The van der Waals surface area contributed by atoms with Gasteiger partial charge in [0.25, 0.3) is 5.91 Å². The van der Waals surface area contributed by atoms with Crippen LogP contribution < -0.4 is 20.3 Å². The third-order valence-corrected chi connectivity index (χ3v) is 6.83. The Morgan fingerprint density at radius 2 is 1.84 bits per heavy atom. The largest absolute Gasteiger partial charge is 0.496 e. The molecule has 0 aliphatic carbocycles. The van der Waals surface area contributed by atoms with Crippen LogP contribution in [0.2, 0.25) is 10.0 Å². The monoisotopic (exact) mass is 545 g/mol. The van der Waals surface area contributed by atoms with Crippen LogP contribution in [0.25, 0.3) is 11.3 Å². The van der Waals surface area contributed by atoms with Gasteiger partial charge in [0.05, 0.1) is 28.9 Å². The van der Waals surface area contributed by atoms with Gasteiger partial charge < -0.3 is 29.6 Å². The third kappa shape index (κ3) is 6.67. The Labute approximate surface area is 225 Å². The van der Waals surface area contributed by atoms with Crippen molar-refractivity contribution in [1.82, 2.24) is 20.5 Å². The van der Waals surface area contributed by atoms with Gasteiger partial charge in [0.1, 0.15) is 5.75 Å². The molecule has 1 aromatic heterocycles. The summed E-state index contributed by atoms with van der Waals surface area (Å²) in [6.45, 7) is 5.13. The van der Waals surface area contributed by atoms with Gasteiger partial charge in [-0.15, -0.1) is 0 Å². The van der Waals surface area contributed by atoms with Gasteiger partial charge in [-0.1, -0.05) is 23.2 Å². The minimum absolute atomic E-state index is 0.153. The highest BCUT2D eigenvalue weighted by Gasteiger charge is 2.21. The van der Waals surface area contributed by atoms with Gasteiger partial charge in [0.15, 0.2) is 11.7 Å². The van der Waals surface area contributed by atoms with E-state index in [0.717, 1.165) is 24.2 Å². The quantitative estimate of drug-likeness (QED) is 0.420. The van der Waals surface area contributed by atoms with E-state index < -0.39 is 0 Å². The van der Waals surface area contributed by atoms with E-state index in [-0.39, 0.29) is 11.9 Å². The van der Waals surface area contributed by atoms with Crippen LogP contribution in [0.1, 0.15) is 22.7 Å². The first-order valence-electron chi connectivity index (χ1n) is 12.0. The minimum Gasteiger partial charge on any atom is -0.496 e. The average Bonchev–Trinajstić information content (AvgIpc) is 3.18. The van der Waals surface area contributed by atoms with Gasteiger partial charge in [-0.25, -0.2) is 9.78 Å². The molecular weight excluding hydrogens is 517 g/mol. The molecule has 1 fully saturated rings. The molecule has 3 amide bonds. The number of carbonyl (C=O) groups excluding carboxylic acids is 2. The van der Waals surface area contributed by atoms with E-state index in [1.54, 1.807) is 37.3 Å². The third-order valence-electron chi connectivity index (χ3n) is 6.09. The van der Waals surface area contributed by atoms with Crippen molar-refractivity contribution in [3.05, 3.63) is 64.1 Å². The van der Waals surface area contributed by atoms with Crippen molar-refractivity contribution < 1.29 is 18.7 Å². The van der Waals surface area contributed by atoms with Crippen molar-refractivity contribution >= 4 is 40.8 Å². The molecule has 37 heavy (non-hydrogen) atoms. The summed E-state index contributed by atoms with van der Waals surface area (Å²) in [5, 5.41) is 6.35. The van der Waals surface area contributed by atoms with E-state index >= 15 is 0 Å². The molecule has 0 saturated carbocycles. The van der Waals surface area contributed by atoms with Crippen LogP contribution in [0.5, 0.6) is 5.75 Å². The lowest BCUT2D eigenvalue weighted by atomic mass is 10.1. The molecule has 0 radical (unpaired) electrons. The summed E-state index contributed by atoms with van der Waals surface area (Å²) >= 11 is 11.9. The highest BCUT2D eigenvalue weighted by molar-refractivity contribution is 6.42. The molecule has 196 valence electrons. The second-order valence-electron chi connectivity index (χ2n) is 8.57. The fraction of sp³-hybridized carbons (Fsp3) is 0.346. The van der Waals surface area contributed by atoms with Crippen molar-refractivity contribution in [2.75, 3.05) is 51.3 Å². The van der Waals surface area contributed by atoms with Gasteiger partial charge in [0, 0.05) is 63.5 Å². The first-order chi connectivity index (χ1) is 17.9. The van der Waals surface area contributed by atoms with Crippen LogP contribution in [0.15, 0.2) is 47.0 Å². The Balaban J connectivity index is 1.26. The average molecular weight is 546 g/mol. The summed E-state index contributed by atoms with van der Waals surface area (Å²) in [6, 6.07) is 10.5. The molecule has 0 bridgehead atoms. The van der Waals surface area contributed by atoms with Crippen molar-refractivity contribution in [3.8, 4) is 17.1 Å². The molecular formula is C26H29Cl2N5O4. The summed E-state index contributed by atoms with van der Waals surface area (Å²) in [7, 11) is 1.63. The number of carbonyl (C=O) groups is 2. The molecule has 1 aliphatic heterocycles. The number of urea groups is 1. The summed E-state index contributed by atoms with van der Waals surface area (Å²) in [6.07, 6.45) is 2.51. The molecule has 0 atom stereocenters. The highest BCUT2D eigenvalue weighted by Crippen LogP contribution is 2.34. The van der Waals surface area contributed by atoms with E-state index in [2.05, 4.69) is 20.5 Å². The number of amides is 3. The first-order valence-corrected chi connectivity index (χ1v) is 12.7. The van der Waals surface area contributed by atoms with Crippen LogP contribution in [-0.4, -0.2) is 68.2 Å². The van der Waals surface area contributed by atoms with E-state index in [9.17, 15) is 9.59 Å². The number of nitrogens with zero attached hydrogens (tertiary/aromatic N) is 3. The Kier molecular flexibility index (Phi) is 8.78. The molecule has 3 aromatic rings. The number of benzene rings is 2. The minimum atomic E-state index is -0.280. The van der Waals surface area contributed by atoms with Crippen LogP contribution in [0, 0.1) is 6.92 Å². The maximum Gasteiger partial charge on any atom is 0.317 e. The number of ether oxygens (including phenoxy) is 1. The van der Waals surface area contributed by atoms with Crippen molar-refractivity contribution in [1.29, 1.82) is 0 Å². The Morgan fingerprint density at radius 3 is 2.57 bits per heavy atom. The predicted octanol–water partition coefficient (Wildman–Crippen LogP) is 4.62. The van der Waals surface area contributed by atoms with Gasteiger partial charge in [-0.2, -0.15) is 0 Å². The molecule has 2 aromatic carbocycles. The SMILES string of the molecule is COc1cc(N2CCCN(C(=O)NCCNC(=O)c3ccc(Cl)c(Cl)c3)CC2)ccc1-c1cnc(C)o1. The molecule has 2 N–H and O–H groups in total. The zero-order valence-electron chi connectivity index (χ0n) is 20.7. The number of hydrogen-bond acceptors (Lipinski definition) is 6.